The molecule has 0 unspecified atom stereocenters. The van der Waals surface area contributed by atoms with Crippen LogP contribution in [0.2, 0.25) is 0 Å². The molecular formula is C19H14BrN3O2S2. The Kier molecular flexibility index (Phi) is 4.94. The fourth-order valence-corrected chi connectivity index (χ4v) is 5.02. The van der Waals surface area contributed by atoms with Gasteiger partial charge in [-0.15, -0.1) is 22.7 Å². The molecule has 4 aromatic rings. The first-order valence-electron chi connectivity index (χ1n) is 8.10. The zero-order chi connectivity index (χ0) is 19.0. The summed E-state index contributed by atoms with van der Waals surface area (Å²) < 4.78 is 2.22. The van der Waals surface area contributed by atoms with Gasteiger partial charge in [0.15, 0.2) is 0 Å². The first kappa shape index (κ1) is 18.1. The topological polar surface area (TPSA) is 64.0 Å². The number of aryl methyl sites for hydroxylation is 1. The highest BCUT2D eigenvalue weighted by molar-refractivity contribution is 9.10. The first-order chi connectivity index (χ1) is 13.0. The Morgan fingerprint density at radius 2 is 2.15 bits per heavy atom. The fraction of sp³-hybridized carbons (Fsp3) is 0.105. The van der Waals surface area contributed by atoms with E-state index in [1.54, 1.807) is 23.5 Å². The van der Waals surface area contributed by atoms with E-state index in [1.807, 2.05) is 36.6 Å². The number of amides is 1. The van der Waals surface area contributed by atoms with Crippen molar-refractivity contribution in [3.63, 3.8) is 0 Å². The minimum absolute atomic E-state index is 0.0902. The zero-order valence-electron chi connectivity index (χ0n) is 14.2. The maximum atomic E-state index is 13.0. The minimum atomic E-state index is -0.278. The van der Waals surface area contributed by atoms with E-state index in [1.165, 1.54) is 27.1 Å². The second-order valence-electron chi connectivity index (χ2n) is 5.98. The molecule has 1 N–H and O–H groups in total. The number of anilines is 1. The van der Waals surface area contributed by atoms with Crippen LogP contribution in [0.25, 0.3) is 20.7 Å². The quantitative estimate of drug-likeness (QED) is 0.472. The van der Waals surface area contributed by atoms with Gasteiger partial charge in [-0.3, -0.25) is 14.2 Å². The average molecular weight is 460 g/mol. The highest BCUT2D eigenvalue weighted by Gasteiger charge is 2.15. The molecule has 0 aliphatic rings. The van der Waals surface area contributed by atoms with Gasteiger partial charge in [-0.25, -0.2) is 4.98 Å². The Labute approximate surface area is 171 Å². The summed E-state index contributed by atoms with van der Waals surface area (Å²) in [6.45, 7) is 1.94. The number of rotatable bonds is 4. The Bertz CT molecular complexity index is 1210. The van der Waals surface area contributed by atoms with Crippen LogP contribution in [-0.2, 0) is 11.3 Å². The molecule has 0 aliphatic carbocycles. The van der Waals surface area contributed by atoms with Crippen molar-refractivity contribution in [2.75, 3.05) is 5.32 Å². The monoisotopic (exact) mass is 459 g/mol. The van der Waals surface area contributed by atoms with Crippen molar-refractivity contribution >= 4 is 60.4 Å². The third-order valence-electron chi connectivity index (χ3n) is 3.99. The molecule has 5 nitrogen and oxygen atoms in total. The zero-order valence-corrected chi connectivity index (χ0v) is 17.5. The molecule has 136 valence electrons. The maximum Gasteiger partial charge on any atom is 0.263 e. The lowest BCUT2D eigenvalue weighted by molar-refractivity contribution is -0.116. The molecule has 4 rings (SSSR count). The molecule has 8 heteroatoms. The summed E-state index contributed by atoms with van der Waals surface area (Å²) in [5, 5.41) is 5.32. The van der Waals surface area contributed by atoms with Gasteiger partial charge in [0.05, 0.1) is 11.7 Å². The molecule has 0 atom stereocenters. The summed E-state index contributed by atoms with van der Waals surface area (Å²) in [5.41, 5.74) is 1.35. The lowest BCUT2D eigenvalue weighted by Crippen LogP contribution is -2.27. The Morgan fingerprint density at radius 1 is 1.30 bits per heavy atom. The first-order valence-corrected chi connectivity index (χ1v) is 10.6. The largest absolute Gasteiger partial charge is 0.324 e. The van der Waals surface area contributed by atoms with E-state index in [0.29, 0.717) is 15.9 Å². The summed E-state index contributed by atoms with van der Waals surface area (Å²) >= 11 is 6.45. The smallest absolute Gasteiger partial charge is 0.263 e. The van der Waals surface area contributed by atoms with Gasteiger partial charge < -0.3 is 5.32 Å². The summed E-state index contributed by atoms with van der Waals surface area (Å²) in [4.78, 5) is 32.6. The fourth-order valence-electron chi connectivity index (χ4n) is 2.76. The van der Waals surface area contributed by atoms with Gasteiger partial charge in [0, 0.05) is 30.9 Å². The van der Waals surface area contributed by atoms with Gasteiger partial charge in [0.2, 0.25) is 5.91 Å². The molecule has 0 fully saturated rings. The third kappa shape index (κ3) is 3.73. The number of hydrogen-bond donors (Lipinski definition) is 1. The minimum Gasteiger partial charge on any atom is -0.324 e. The van der Waals surface area contributed by atoms with E-state index in [9.17, 15) is 9.59 Å². The number of thiophene rings is 2. The number of aromatic nitrogens is 2. The van der Waals surface area contributed by atoms with Crippen LogP contribution in [0.3, 0.4) is 0 Å². The SMILES string of the molecule is Cc1ccc(-c2csc3ncn(CC(=O)Nc4cccc(Br)c4)c(=O)c23)s1. The van der Waals surface area contributed by atoms with Crippen LogP contribution >= 0.6 is 38.6 Å². The van der Waals surface area contributed by atoms with Gasteiger partial charge in [0.25, 0.3) is 5.56 Å². The van der Waals surface area contributed by atoms with E-state index in [2.05, 4.69) is 26.2 Å². The van der Waals surface area contributed by atoms with Gasteiger partial charge in [-0.05, 0) is 37.3 Å². The molecule has 1 amide bonds. The lowest BCUT2D eigenvalue weighted by Gasteiger charge is -2.08. The highest BCUT2D eigenvalue weighted by atomic mass is 79.9. The molecule has 0 bridgehead atoms. The van der Waals surface area contributed by atoms with Crippen LogP contribution in [0.1, 0.15) is 4.88 Å². The summed E-state index contributed by atoms with van der Waals surface area (Å²) in [6.07, 6.45) is 1.44. The van der Waals surface area contributed by atoms with Gasteiger partial charge in [-0.2, -0.15) is 0 Å². The van der Waals surface area contributed by atoms with Crippen molar-refractivity contribution in [3.8, 4) is 10.4 Å². The number of nitrogens with one attached hydrogen (secondary N) is 1. The maximum absolute atomic E-state index is 13.0. The molecule has 0 saturated heterocycles. The van der Waals surface area contributed by atoms with Gasteiger partial charge >= 0.3 is 0 Å². The molecule has 3 aromatic heterocycles. The number of carbonyl (C=O) groups is 1. The van der Waals surface area contributed by atoms with Crippen molar-refractivity contribution in [2.24, 2.45) is 0 Å². The molecular weight excluding hydrogens is 446 g/mol. The lowest BCUT2D eigenvalue weighted by atomic mass is 10.2. The number of benzene rings is 1. The summed E-state index contributed by atoms with van der Waals surface area (Å²) in [7, 11) is 0. The second kappa shape index (κ2) is 7.38. The molecule has 27 heavy (non-hydrogen) atoms. The van der Waals surface area contributed by atoms with E-state index >= 15 is 0 Å². The number of fused-ring (bicyclic) bond motifs is 1. The molecule has 1 aromatic carbocycles. The van der Waals surface area contributed by atoms with Crippen molar-refractivity contribution in [2.45, 2.75) is 13.5 Å². The normalized spacial score (nSPS) is 11.0. The van der Waals surface area contributed by atoms with Crippen molar-refractivity contribution < 1.29 is 4.79 Å². The standard InChI is InChI=1S/C19H14BrN3O2S2/c1-11-5-6-15(27-11)14-9-26-18-17(14)19(25)23(10-21-18)8-16(24)22-13-4-2-3-12(20)7-13/h2-7,9-10H,8H2,1H3,(H,22,24). The Balaban J connectivity index is 1.65. The van der Waals surface area contributed by atoms with E-state index in [-0.39, 0.29) is 18.0 Å². The van der Waals surface area contributed by atoms with Crippen molar-refractivity contribution in [3.05, 3.63) is 67.8 Å². The Morgan fingerprint density at radius 3 is 2.89 bits per heavy atom. The third-order valence-corrected chi connectivity index (χ3v) is 6.40. The second-order valence-corrected chi connectivity index (χ2v) is 9.04. The van der Waals surface area contributed by atoms with Crippen LogP contribution in [0, 0.1) is 6.92 Å². The summed E-state index contributed by atoms with van der Waals surface area (Å²) in [5.74, 6) is -0.278. The van der Waals surface area contributed by atoms with Crippen LogP contribution in [0.4, 0.5) is 5.69 Å². The molecule has 0 aliphatic heterocycles. The van der Waals surface area contributed by atoms with E-state index in [4.69, 9.17) is 0 Å². The average Bonchev–Trinajstić information content (AvgIpc) is 3.23. The Hall–Kier alpha value is -2.29. The predicted octanol–water partition coefficient (Wildman–Crippen LogP) is 4.90. The highest BCUT2D eigenvalue weighted by Crippen LogP contribution is 2.34. The number of carbonyl (C=O) groups excluding carboxylic acids is 1. The van der Waals surface area contributed by atoms with Crippen molar-refractivity contribution in [1.29, 1.82) is 0 Å². The summed E-state index contributed by atoms with van der Waals surface area (Å²) in [6, 6.07) is 11.4. The van der Waals surface area contributed by atoms with Gasteiger partial charge in [-0.1, -0.05) is 22.0 Å². The van der Waals surface area contributed by atoms with E-state index in [0.717, 1.165) is 14.9 Å². The molecule has 0 saturated carbocycles. The number of halogens is 1. The van der Waals surface area contributed by atoms with Crippen LogP contribution in [-0.4, -0.2) is 15.5 Å². The van der Waals surface area contributed by atoms with Crippen LogP contribution in [0.5, 0.6) is 0 Å². The van der Waals surface area contributed by atoms with E-state index < -0.39 is 0 Å². The number of nitrogens with zero attached hydrogens (tertiary/aromatic N) is 2. The molecule has 0 radical (unpaired) electrons. The van der Waals surface area contributed by atoms with Crippen LogP contribution < -0.4 is 10.9 Å². The number of hydrogen-bond acceptors (Lipinski definition) is 5. The molecule has 0 spiro atoms. The molecule has 3 heterocycles. The predicted molar refractivity (Wildman–Crippen MR) is 115 cm³/mol. The van der Waals surface area contributed by atoms with Crippen molar-refractivity contribution in [1.82, 2.24) is 9.55 Å². The van der Waals surface area contributed by atoms with Gasteiger partial charge in [0.1, 0.15) is 11.4 Å². The van der Waals surface area contributed by atoms with Crippen LogP contribution in [0.15, 0.2) is 57.4 Å².